The van der Waals surface area contributed by atoms with E-state index in [2.05, 4.69) is 42.8 Å². The number of fused-ring (bicyclic) bond motifs is 1. The number of hydroxylamine groups is 2. The smallest absolute Gasteiger partial charge is 0.251 e. The fraction of sp³-hybridized carbons (Fsp3) is 0.511. The van der Waals surface area contributed by atoms with Gasteiger partial charge in [-0.1, -0.05) is 75.4 Å². The SMILES string of the molecule is CNC(O)c1cc(C(=O)N[C@@H](Cc2ccccc2)CN(C)C)cc(-c2cccc(CN3O[C@@H](CO)[C@@H]([C@H](C)O)[C@H]3C(=O)NC3=C[C@H]4C[C@@H]([C@@H]3C)C4(C)C)c2OC)c1. The number of benzene rings is 3. The molecule has 2 fully saturated rings. The molecule has 7 rings (SSSR count). The zero-order chi connectivity index (χ0) is 41.2. The molecule has 0 radical (unpaired) electrons. The number of para-hydroxylation sites is 1. The summed E-state index contributed by atoms with van der Waals surface area (Å²) < 4.78 is 6.06. The molecule has 1 aliphatic heterocycles. The lowest BCUT2D eigenvalue weighted by atomic mass is 9.48. The number of carbonyl (C=O) groups is 2. The van der Waals surface area contributed by atoms with Crippen molar-refractivity contribution in [2.45, 2.75) is 77.6 Å². The third kappa shape index (κ3) is 8.97. The van der Waals surface area contributed by atoms with E-state index >= 15 is 0 Å². The highest BCUT2D eigenvalue weighted by atomic mass is 16.7. The Morgan fingerprint density at radius 1 is 1.07 bits per heavy atom. The van der Waals surface area contributed by atoms with Crippen molar-refractivity contribution < 1.29 is 34.5 Å². The third-order valence-corrected chi connectivity index (χ3v) is 12.5. The van der Waals surface area contributed by atoms with Gasteiger partial charge in [-0.05, 0) is 99.0 Å². The van der Waals surface area contributed by atoms with Crippen LogP contribution in [0.3, 0.4) is 0 Å². The molecule has 4 aliphatic rings. The fourth-order valence-corrected chi connectivity index (χ4v) is 9.34. The van der Waals surface area contributed by atoms with Crippen molar-refractivity contribution in [2.75, 3.05) is 41.4 Å². The van der Waals surface area contributed by atoms with Gasteiger partial charge in [-0.25, -0.2) is 0 Å². The summed E-state index contributed by atoms with van der Waals surface area (Å²) >= 11 is 0. The second-order valence-corrected chi connectivity index (χ2v) is 17.0. The van der Waals surface area contributed by atoms with Crippen molar-refractivity contribution >= 4 is 11.8 Å². The van der Waals surface area contributed by atoms with E-state index in [4.69, 9.17) is 9.57 Å². The van der Waals surface area contributed by atoms with E-state index in [1.165, 1.54) is 0 Å². The first-order chi connectivity index (χ1) is 27.2. The Bertz CT molecular complexity index is 1920. The Morgan fingerprint density at radius 3 is 2.42 bits per heavy atom. The molecule has 1 heterocycles. The monoisotopic (exact) mass is 783 g/mol. The van der Waals surface area contributed by atoms with Crippen LogP contribution in [0.2, 0.25) is 0 Å². The molecular formula is C45H61N5O7. The fourth-order valence-electron chi connectivity index (χ4n) is 9.34. The number of amides is 2. The molecule has 6 N–H and O–H groups in total. The maximum Gasteiger partial charge on any atom is 0.251 e. The average molecular weight is 784 g/mol. The Kier molecular flexibility index (Phi) is 13.2. The number of allylic oxidation sites excluding steroid dienone is 2. The summed E-state index contributed by atoms with van der Waals surface area (Å²) in [6.07, 6.45) is 1.15. The highest BCUT2D eigenvalue weighted by Crippen LogP contribution is 2.60. The Labute approximate surface area is 337 Å². The third-order valence-electron chi connectivity index (χ3n) is 12.5. The van der Waals surface area contributed by atoms with Crippen LogP contribution < -0.4 is 20.7 Å². The van der Waals surface area contributed by atoms with Crippen LogP contribution in [0.1, 0.15) is 67.4 Å². The molecule has 1 saturated heterocycles. The molecule has 3 aliphatic carbocycles. The second kappa shape index (κ2) is 17.8. The average Bonchev–Trinajstić information content (AvgIpc) is 3.56. The largest absolute Gasteiger partial charge is 0.496 e. The lowest BCUT2D eigenvalue weighted by Crippen LogP contribution is -2.55. The first kappa shape index (κ1) is 42.5. The highest BCUT2D eigenvalue weighted by Gasteiger charge is 2.54. The number of methoxy groups -OCH3 is 1. The van der Waals surface area contributed by atoms with E-state index in [-0.39, 0.29) is 42.3 Å². The molecule has 1 unspecified atom stereocenters. The number of aliphatic hydroxyl groups excluding tert-OH is 3. The number of carbonyl (C=O) groups excluding carboxylic acids is 2. The van der Waals surface area contributed by atoms with Crippen LogP contribution in [0.25, 0.3) is 11.1 Å². The van der Waals surface area contributed by atoms with Gasteiger partial charge in [0.1, 0.15) is 24.1 Å². The minimum atomic E-state index is -1.04. The van der Waals surface area contributed by atoms with Gasteiger partial charge in [0.05, 0.1) is 26.4 Å². The van der Waals surface area contributed by atoms with Crippen LogP contribution in [-0.4, -0.2) is 103 Å². The van der Waals surface area contributed by atoms with Gasteiger partial charge >= 0.3 is 0 Å². The van der Waals surface area contributed by atoms with Crippen LogP contribution in [0.5, 0.6) is 5.75 Å². The lowest BCUT2D eigenvalue weighted by molar-refractivity contribution is -0.182. The maximum atomic E-state index is 14.3. The molecule has 0 aromatic heterocycles. The van der Waals surface area contributed by atoms with Crippen LogP contribution >= 0.6 is 0 Å². The Balaban J connectivity index is 1.31. The van der Waals surface area contributed by atoms with Crippen molar-refractivity contribution in [3.8, 4) is 16.9 Å². The van der Waals surface area contributed by atoms with E-state index in [0.29, 0.717) is 58.4 Å². The quantitative estimate of drug-likeness (QED) is 0.116. The van der Waals surface area contributed by atoms with Gasteiger partial charge in [-0.15, -0.1) is 0 Å². The zero-order valence-corrected chi connectivity index (χ0v) is 34.5. The van der Waals surface area contributed by atoms with E-state index in [1.54, 1.807) is 38.3 Å². The molecule has 12 nitrogen and oxygen atoms in total. The zero-order valence-electron chi connectivity index (χ0n) is 34.5. The molecule has 12 heteroatoms. The Morgan fingerprint density at radius 2 is 1.81 bits per heavy atom. The number of nitrogens with one attached hydrogen (secondary N) is 3. The summed E-state index contributed by atoms with van der Waals surface area (Å²) in [4.78, 5) is 36.6. The van der Waals surface area contributed by atoms with E-state index in [9.17, 15) is 24.9 Å². The second-order valence-electron chi connectivity index (χ2n) is 17.0. The summed E-state index contributed by atoms with van der Waals surface area (Å²) in [5.74, 6) is 0.249. The number of hydrogen-bond acceptors (Lipinski definition) is 10. The molecule has 9 atom stereocenters. The van der Waals surface area contributed by atoms with Gasteiger partial charge in [-0.3, -0.25) is 19.7 Å². The number of nitrogens with zero attached hydrogens (tertiary/aromatic N) is 2. The normalized spacial score (nSPS) is 25.6. The molecule has 2 bridgehead atoms. The lowest BCUT2D eigenvalue weighted by Gasteiger charge is -2.58. The molecule has 57 heavy (non-hydrogen) atoms. The van der Waals surface area contributed by atoms with Crippen molar-refractivity contribution in [3.63, 3.8) is 0 Å². The number of ether oxygens (including phenoxy) is 1. The predicted octanol–water partition coefficient (Wildman–Crippen LogP) is 4.26. The van der Waals surface area contributed by atoms with Crippen LogP contribution in [0.4, 0.5) is 0 Å². The standard InChI is InChI=1S/C45H61N5O7/c1-26-36-21-33(45(36,3)4)22-37(26)48-44(55)40-39(27(2)52)38(25-51)57-50(40)23-29-15-12-16-35(41(29)56-8)30-18-31(42(53)46-5)20-32(19-30)43(54)47-34(24-49(6)7)17-28-13-10-9-11-14-28/h9-16,18-20,22,26-27,33-34,36,38-40,42,46,51-53H,17,21,23-25H2,1-8H3,(H,47,54)(H,48,55)/t26-,27-,33+,34-,36-,38-,39+,40-,42?/m0/s1. The number of rotatable bonds is 16. The van der Waals surface area contributed by atoms with E-state index in [0.717, 1.165) is 17.7 Å². The van der Waals surface area contributed by atoms with Crippen molar-refractivity contribution in [2.24, 2.45) is 29.1 Å². The van der Waals surface area contributed by atoms with Crippen molar-refractivity contribution in [3.05, 3.63) is 101 Å². The maximum absolute atomic E-state index is 14.3. The van der Waals surface area contributed by atoms with Crippen molar-refractivity contribution in [1.29, 1.82) is 0 Å². The molecule has 1 saturated carbocycles. The molecule has 2 amide bonds. The predicted molar refractivity (Wildman–Crippen MR) is 220 cm³/mol. The number of aliphatic hydroxyl groups is 3. The van der Waals surface area contributed by atoms with Gasteiger partial charge in [0.25, 0.3) is 5.91 Å². The van der Waals surface area contributed by atoms with Gasteiger partial charge in [0.15, 0.2) is 0 Å². The molecule has 308 valence electrons. The molecule has 3 aromatic carbocycles. The minimum Gasteiger partial charge on any atom is -0.496 e. The summed E-state index contributed by atoms with van der Waals surface area (Å²) in [5, 5.41) is 43.1. The van der Waals surface area contributed by atoms with Crippen LogP contribution in [0.15, 0.2) is 78.5 Å². The van der Waals surface area contributed by atoms with E-state index in [1.807, 2.05) is 73.6 Å². The first-order valence-corrected chi connectivity index (χ1v) is 20.1. The summed E-state index contributed by atoms with van der Waals surface area (Å²) in [5.41, 5.74) is 5.06. The molecule has 3 aromatic rings. The summed E-state index contributed by atoms with van der Waals surface area (Å²) in [6.45, 7) is 8.68. The Hall–Kier alpha value is -4.14. The van der Waals surface area contributed by atoms with E-state index < -0.39 is 30.4 Å². The number of hydrogen-bond donors (Lipinski definition) is 6. The number of likely N-dealkylation sites (N-methyl/N-ethyl adjacent to an activating group) is 1. The minimum absolute atomic E-state index is 0.0968. The molecular weight excluding hydrogens is 723 g/mol. The topological polar surface area (TPSA) is 156 Å². The van der Waals surface area contributed by atoms with Crippen LogP contribution in [-0.2, 0) is 22.6 Å². The van der Waals surface area contributed by atoms with Gasteiger partial charge in [0, 0.05) is 40.9 Å². The molecule has 0 spiro atoms. The first-order valence-electron chi connectivity index (χ1n) is 20.1. The van der Waals surface area contributed by atoms with Crippen molar-refractivity contribution in [1.82, 2.24) is 25.9 Å². The summed E-state index contributed by atoms with van der Waals surface area (Å²) in [7, 11) is 7.15. The van der Waals surface area contributed by atoms with Gasteiger partial charge < -0.3 is 35.6 Å². The highest BCUT2D eigenvalue weighted by molar-refractivity contribution is 5.96. The van der Waals surface area contributed by atoms with Gasteiger partial charge in [-0.2, -0.15) is 5.06 Å². The van der Waals surface area contributed by atoms with Gasteiger partial charge in [0.2, 0.25) is 5.91 Å². The van der Waals surface area contributed by atoms with Crippen LogP contribution in [0, 0.1) is 29.1 Å². The summed E-state index contributed by atoms with van der Waals surface area (Å²) in [6, 6.07) is 19.9.